The first-order valence-corrected chi connectivity index (χ1v) is 11.1. The van der Waals surface area contributed by atoms with E-state index in [2.05, 4.69) is 16.9 Å². The number of nitrogens with zero attached hydrogens (tertiary/aromatic N) is 4. The quantitative estimate of drug-likeness (QED) is 0.428. The van der Waals surface area contributed by atoms with E-state index in [1.165, 1.54) is 26.4 Å². The third-order valence-electron chi connectivity index (χ3n) is 5.99. The lowest BCUT2D eigenvalue weighted by Crippen LogP contribution is -2.44. The standard InChI is InChI=1S/C21H31BN4O7/c1-6-7-8-30-11-25-9-12(13-15(25)18(28-4)24-10-23-13)14-16-17(32-21(2,3)31-16)19(29-5)26(14)20(27)33-22/h9-10,14,16-17,19H,6-8,11,22H2,1-5H3/t14-,16-,17-,19+/m0/s1. The lowest BCUT2D eigenvalue weighted by molar-refractivity contribution is -0.186. The van der Waals surface area contributed by atoms with Gasteiger partial charge in [-0.3, -0.25) is 4.90 Å². The minimum Gasteiger partial charge on any atom is -0.528 e. The average Bonchev–Trinajstić information content (AvgIpc) is 3.41. The minimum atomic E-state index is -0.832. The number of carbonyl (C=O) groups excluding carboxylic acids is 1. The van der Waals surface area contributed by atoms with E-state index in [1.54, 1.807) is 7.11 Å². The summed E-state index contributed by atoms with van der Waals surface area (Å²) in [5, 5.41) is 0. The number of amides is 1. The van der Waals surface area contributed by atoms with Crippen molar-refractivity contribution in [2.45, 2.75) is 70.6 Å². The summed E-state index contributed by atoms with van der Waals surface area (Å²) in [5.41, 5.74) is 2.04. The van der Waals surface area contributed by atoms with Gasteiger partial charge in [0.2, 0.25) is 5.88 Å². The maximum atomic E-state index is 12.9. The molecule has 180 valence electrons. The molecule has 2 saturated heterocycles. The van der Waals surface area contributed by atoms with Crippen LogP contribution in [-0.4, -0.2) is 78.6 Å². The molecule has 0 spiro atoms. The van der Waals surface area contributed by atoms with Gasteiger partial charge >= 0.3 is 14.1 Å². The predicted octanol–water partition coefficient (Wildman–Crippen LogP) is 1.75. The Labute approximate surface area is 193 Å². The molecule has 0 aliphatic carbocycles. The van der Waals surface area contributed by atoms with E-state index in [4.69, 9.17) is 28.3 Å². The average molecular weight is 462 g/mol. The molecular formula is C21H31BN4O7. The van der Waals surface area contributed by atoms with E-state index >= 15 is 0 Å². The van der Waals surface area contributed by atoms with Crippen molar-refractivity contribution in [2.75, 3.05) is 20.8 Å². The third-order valence-corrected chi connectivity index (χ3v) is 5.99. The van der Waals surface area contributed by atoms with Crippen LogP contribution in [0.15, 0.2) is 12.5 Å². The highest BCUT2D eigenvalue weighted by molar-refractivity contribution is 6.05. The minimum absolute atomic E-state index is 0.288. The van der Waals surface area contributed by atoms with E-state index in [-0.39, 0.29) is 6.73 Å². The highest BCUT2D eigenvalue weighted by atomic mass is 16.8. The molecule has 0 radical (unpaired) electrons. The molecule has 12 heteroatoms. The van der Waals surface area contributed by atoms with E-state index in [1.807, 2.05) is 24.6 Å². The second kappa shape index (κ2) is 9.45. The summed E-state index contributed by atoms with van der Waals surface area (Å²) in [5.74, 6) is -0.419. The van der Waals surface area contributed by atoms with E-state index in [0.29, 0.717) is 23.5 Å². The Balaban J connectivity index is 1.83. The van der Waals surface area contributed by atoms with E-state index in [9.17, 15) is 4.79 Å². The number of rotatable bonds is 8. The van der Waals surface area contributed by atoms with Crippen LogP contribution in [0.2, 0.25) is 0 Å². The third kappa shape index (κ3) is 4.16. The Hall–Kier alpha value is -2.41. The molecule has 2 aromatic rings. The van der Waals surface area contributed by atoms with Gasteiger partial charge in [-0.15, -0.1) is 0 Å². The number of hydrogen-bond donors (Lipinski definition) is 0. The van der Waals surface area contributed by atoms with E-state index in [0.717, 1.165) is 18.4 Å². The van der Waals surface area contributed by atoms with Crippen LogP contribution >= 0.6 is 0 Å². The van der Waals surface area contributed by atoms with Crippen molar-refractivity contribution < 1.29 is 33.1 Å². The molecule has 4 heterocycles. The summed E-state index contributed by atoms with van der Waals surface area (Å²) >= 11 is 0. The van der Waals surface area contributed by atoms with Gasteiger partial charge in [-0.1, -0.05) is 13.3 Å². The zero-order valence-electron chi connectivity index (χ0n) is 19.9. The van der Waals surface area contributed by atoms with E-state index < -0.39 is 36.4 Å². The zero-order chi connectivity index (χ0) is 23.8. The lowest BCUT2D eigenvalue weighted by Gasteiger charge is -2.32. The van der Waals surface area contributed by atoms with Crippen molar-refractivity contribution in [2.24, 2.45) is 0 Å². The molecule has 4 rings (SSSR count). The van der Waals surface area contributed by atoms with Crippen LogP contribution in [0.3, 0.4) is 0 Å². The van der Waals surface area contributed by atoms with Crippen LogP contribution in [-0.2, 0) is 30.3 Å². The molecular weight excluding hydrogens is 431 g/mol. The molecule has 0 saturated carbocycles. The van der Waals surface area contributed by atoms with Gasteiger partial charge in [0.25, 0.3) is 0 Å². The summed E-state index contributed by atoms with van der Waals surface area (Å²) in [6, 6.07) is -0.576. The molecule has 0 bridgehead atoms. The Morgan fingerprint density at radius 3 is 2.67 bits per heavy atom. The summed E-state index contributed by atoms with van der Waals surface area (Å²) < 4.78 is 36.4. The molecule has 2 aliphatic rings. The second-order valence-corrected chi connectivity index (χ2v) is 8.54. The molecule has 1 amide bonds. The van der Waals surface area contributed by atoms with Crippen molar-refractivity contribution >= 4 is 25.2 Å². The molecule has 33 heavy (non-hydrogen) atoms. The fraction of sp³-hybridized carbons (Fsp3) is 0.667. The molecule has 2 aliphatic heterocycles. The van der Waals surface area contributed by atoms with Crippen molar-refractivity contribution in [3.05, 3.63) is 18.1 Å². The topological polar surface area (TPSA) is 106 Å². The summed E-state index contributed by atoms with van der Waals surface area (Å²) in [6.07, 6.45) is 3.09. The number of unbranched alkanes of at least 4 members (excludes halogenated alkanes) is 1. The summed E-state index contributed by atoms with van der Waals surface area (Å²) in [6.45, 7) is 6.70. The van der Waals surface area contributed by atoms with Gasteiger partial charge < -0.3 is 32.9 Å². The van der Waals surface area contributed by atoms with Gasteiger partial charge in [-0.25, -0.2) is 9.78 Å². The first-order valence-electron chi connectivity index (χ1n) is 11.1. The van der Waals surface area contributed by atoms with Crippen LogP contribution in [0.1, 0.15) is 45.2 Å². The maximum absolute atomic E-state index is 12.9. The molecule has 4 atom stereocenters. The number of carbonyl (C=O) groups is 1. The van der Waals surface area contributed by atoms with Crippen molar-refractivity contribution in [3.63, 3.8) is 0 Å². The largest absolute Gasteiger partial charge is 0.528 e. The van der Waals surface area contributed by atoms with Gasteiger partial charge in [0.05, 0.1) is 13.2 Å². The zero-order valence-corrected chi connectivity index (χ0v) is 19.9. The SMILES string of the molecule is BOC(=O)N1[C@H](OC)[C@H]2OC(C)(C)O[C@H]2[C@@H]1c1cn(COCCCC)c2c(OC)ncnc12. The highest BCUT2D eigenvalue weighted by Crippen LogP contribution is 2.49. The predicted molar refractivity (Wildman–Crippen MR) is 119 cm³/mol. The van der Waals surface area contributed by atoms with Crippen molar-refractivity contribution in [3.8, 4) is 5.88 Å². The fourth-order valence-corrected chi connectivity index (χ4v) is 4.66. The second-order valence-electron chi connectivity index (χ2n) is 8.54. The van der Waals surface area contributed by atoms with Crippen LogP contribution in [0.25, 0.3) is 11.0 Å². The first-order chi connectivity index (χ1) is 15.9. The maximum Gasteiger partial charge on any atom is 0.394 e. The lowest BCUT2D eigenvalue weighted by atomic mass is 10.0. The summed E-state index contributed by atoms with van der Waals surface area (Å²) in [4.78, 5) is 23.2. The van der Waals surface area contributed by atoms with Gasteiger partial charge in [-0.05, 0) is 20.3 Å². The normalized spacial score (nSPS) is 26.0. The Morgan fingerprint density at radius 1 is 1.24 bits per heavy atom. The Kier molecular flexibility index (Phi) is 6.80. The smallest absolute Gasteiger partial charge is 0.394 e. The molecule has 2 fully saturated rings. The molecule has 2 aromatic heterocycles. The van der Waals surface area contributed by atoms with Crippen LogP contribution < -0.4 is 4.74 Å². The molecule has 0 N–H and O–H groups in total. The number of likely N-dealkylation sites (tertiary alicyclic amines) is 1. The van der Waals surface area contributed by atoms with Gasteiger partial charge in [-0.2, -0.15) is 4.98 Å². The molecule has 0 aromatic carbocycles. The number of hydrogen-bond acceptors (Lipinski definition) is 9. The van der Waals surface area contributed by atoms with Crippen molar-refractivity contribution in [1.82, 2.24) is 19.4 Å². The van der Waals surface area contributed by atoms with Gasteiger partial charge in [0.15, 0.2) is 12.0 Å². The monoisotopic (exact) mass is 462 g/mol. The Morgan fingerprint density at radius 2 is 2.00 bits per heavy atom. The first kappa shape index (κ1) is 23.7. The van der Waals surface area contributed by atoms with Crippen molar-refractivity contribution in [1.29, 1.82) is 0 Å². The number of ether oxygens (including phenoxy) is 5. The Bertz CT molecular complexity index is 1000. The fourth-order valence-electron chi connectivity index (χ4n) is 4.66. The molecule has 0 unspecified atom stereocenters. The number of fused-ring (bicyclic) bond motifs is 2. The van der Waals surface area contributed by atoms with Crippen LogP contribution in [0, 0.1) is 0 Å². The molecule has 11 nitrogen and oxygen atoms in total. The van der Waals surface area contributed by atoms with Crippen LogP contribution in [0.4, 0.5) is 4.79 Å². The van der Waals surface area contributed by atoms with Gasteiger partial charge in [0, 0.05) is 25.5 Å². The summed E-state index contributed by atoms with van der Waals surface area (Å²) in [7, 11) is 4.42. The van der Waals surface area contributed by atoms with Gasteiger partial charge in [0.1, 0.15) is 36.3 Å². The highest BCUT2D eigenvalue weighted by Gasteiger charge is 2.61. The van der Waals surface area contributed by atoms with Crippen LogP contribution in [0.5, 0.6) is 5.88 Å². The number of aromatic nitrogens is 3. The number of methoxy groups -OCH3 is 2.